The molecular formula is C17H12BrNO3. The average Bonchev–Trinajstić information content (AvgIpc) is 2.52. The number of benzene rings is 2. The number of amides is 1. The van der Waals surface area contributed by atoms with Crippen LogP contribution in [-0.2, 0) is 6.54 Å². The summed E-state index contributed by atoms with van der Waals surface area (Å²) in [7, 11) is 0. The Labute approximate surface area is 134 Å². The lowest BCUT2D eigenvalue weighted by atomic mass is 10.1. The van der Waals surface area contributed by atoms with E-state index in [4.69, 9.17) is 4.42 Å². The molecule has 0 aliphatic rings. The van der Waals surface area contributed by atoms with Crippen LogP contribution in [0.1, 0.15) is 15.9 Å². The van der Waals surface area contributed by atoms with Gasteiger partial charge in [0.2, 0.25) is 0 Å². The summed E-state index contributed by atoms with van der Waals surface area (Å²) in [6.45, 7) is 0.338. The molecule has 2 aromatic carbocycles. The molecule has 4 nitrogen and oxygen atoms in total. The highest BCUT2D eigenvalue weighted by atomic mass is 79.9. The predicted octanol–water partition coefficient (Wildman–Crippen LogP) is 3.49. The van der Waals surface area contributed by atoms with Crippen LogP contribution in [0.2, 0.25) is 0 Å². The molecule has 1 amide bonds. The molecule has 0 radical (unpaired) electrons. The van der Waals surface area contributed by atoms with E-state index in [0.29, 0.717) is 12.1 Å². The number of fused-ring (bicyclic) bond motifs is 1. The second-order valence-corrected chi connectivity index (χ2v) is 5.71. The first kappa shape index (κ1) is 14.5. The van der Waals surface area contributed by atoms with Crippen LogP contribution in [0.15, 0.2) is 68.3 Å². The fraction of sp³-hybridized carbons (Fsp3) is 0.0588. The van der Waals surface area contributed by atoms with Crippen LogP contribution < -0.4 is 10.9 Å². The van der Waals surface area contributed by atoms with Crippen LogP contribution in [0.25, 0.3) is 11.0 Å². The van der Waals surface area contributed by atoms with E-state index in [2.05, 4.69) is 21.2 Å². The molecule has 1 heterocycles. The molecule has 5 heteroatoms. The summed E-state index contributed by atoms with van der Waals surface area (Å²) >= 11 is 3.38. The van der Waals surface area contributed by atoms with Crippen LogP contribution in [0.5, 0.6) is 0 Å². The van der Waals surface area contributed by atoms with Crippen molar-refractivity contribution in [2.45, 2.75) is 6.54 Å². The van der Waals surface area contributed by atoms with Gasteiger partial charge in [0.05, 0.1) is 0 Å². The van der Waals surface area contributed by atoms with E-state index in [1.54, 1.807) is 24.3 Å². The van der Waals surface area contributed by atoms with E-state index in [1.165, 1.54) is 0 Å². The molecule has 1 aromatic heterocycles. The van der Waals surface area contributed by atoms with Gasteiger partial charge in [0.15, 0.2) is 0 Å². The molecule has 0 unspecified atom stereocenters. The number of halogens is 1. The Morgan fingerprint density at radius 3 is 2.73 bits per heavy atom. The molecule has 0 spiro atoms. The summed E-state index contributed by atoms with van der Waals surface area (Å²) in [4.78, 5) is 24.1. The van der Waals surface area contributed by atoms with Gasteiger partial charge in [-0.2, -0.15) is 0 Å². The van der Waals surface area contributed by atoms with Gasteiger partial charge in [-0.15, -0.1) is 0 Å². The third kappa shape index (κ3) is 3.09. The lowest BCUT2D eigenvalue weighted by Crippen LogP contribution is -2.27. The van der Waals surface area contributed by atoms with E-state index in [1.807, 2.05) is 30.3 Å². The number of rotatable bonds is 3. The molecule has 0 aliphatic carbocycles. The normalized spacial score (nSPS) is 10.6. The van der Waals surface area contributed by atoms with Gasteiger partial charge in [0.1, 0.15) is 11.1 Å². The highest BCUT2D eigenvalue weighted by Crippen LogP contribution is 2.13. The zero-order valence-corrected chi connectivity index (χ0v) is 13.1. The second-order valence-electron chi connectivity index (χ2n) is 4.80. The maximum absolute atomic E-state index is 12.2. The third-order valence-corrected chi connectivity index (χ3v) is 3.72. The van der Waals surface area contributed by atoms with Crippen LogP contribution in [0.4, 0.5) is 0 Å². The number of hydrogen-bond acceptors (Lipinski definition) is 3. The van der Waals surface area contributed by atoms with Crippen molar-refractivity contribution in [2.24, 2.45) is 0 Å². The molecule has 1 N–H and O–H groups in total. The number of hydrogen-bond donors (Lipinski definition) is 1. The molecule has 3 aromatic rings. The Balaban J connectivity index is 1.83. The van der Waals surface area contributed by atoms with E-state index >= 15 is 0 Å². The first-order valence-electron chi connectivity index (χ1n) is 6.69. The quantitative estimate of drug-likeness (QED) is 0.730. The van der Waals surface area contributed by atoms with Gasteiger partial charge in [0, 0.05) is 16.4 Å². The molecule has 0 saturated heterocycles. The fourth-order valence-electron chi connectivity index (χ4n) is 2.14. The Bertz CT molecular complexity index is 902. The van der Waals surface area contributed by atoms with Gasteiger partial charge < -0.3 is 9.73 Å². The van der Waals surface area contributed by atoms with Gasteiger partial charge in [-0.05, 0) is 29.8 Å². The van der Waals surface area contributed by atoms with Crippen molar-refractivity contribution in [3.8, 4) is 0 Å². The number of nitrogens with one attached hydrogen (secondary N) is 1. The van der Waals surface area contributed by atoms with Gasteiger partial charge in [-0.3, -0.25) is 4.79 Å². The molecule has 22 heavy (non-hydrogen) atoms. The molecule has 0 fully saturated rings. The maximum Gasteiger partial charge on any atom is 0.349 e. The minimum Gasteiger partial charge on any atom is -0.422 e. The standard InChI is InChI=1S/C17H12BrNO3/c18-13-6-3-4-11(8-13)10-19-16(20)14-9-12-5-1-2-7-15(12)22-17(14)21/h1-9H,10H2,(H,19,20). The van der Waals surface area contributed by atoms with Crippen LogP contribution >= 0.6 is 15.9 Å². The maximum atomic E-state index is 12.2. The Hall–Kier alpha value is -2.40. The summed E-state index contributed by atoms with van der Waals surface area (Å²) in [5.41, 5.74) is 0.781. The van der Waals surface area contributed by atoms with E-state index in [0.717, 1.165) is 15.4 Å². The average molecular weight is 358 g/mol. The smallest absolute Gasteiger partial charge is 0.349 e. The molecule has 0 aliphatic heterocycles. The van der Waals surface area contributed by atoms with Gasteiger partial charge in [0.25, 0.3) is 5.91 Å². The summed E-state index contributed by atoms with van der Waals surface area (Å²) in [5.74, 6) is -0.445. The molecular weight excluding hydrogens is 346 g/mol. The Morgan fingerprint density at radius 1 is 1.09 bits per heavy atom. The second kappa shape index (κ2) is 6.15. The molecule has 0 saturated carbocycles. The van der Waals surface area contributed by atoms with E-state index < -0.39 is 11.5 Å². The largest absolute Gasteiger partial charge is 0.422 e. The van der Waals surface area contributed by atoms with Crippen LogP contribution in [0.3, 0.4) is 0 Å². The highest BCUT2D eigenvalue weighted by Gasteiger charge is 2.13. The van der Waals surface area contributed by atoms with Crippen LogP contribution in [0, 0.1) is 0 Å². The zero-order chi connectivity index (χ0) is 15.5. The first-order chi connectivity index (χ1) is 10.6. The van der Waals surface area contributed by atoms with Crippen molar-refractivity contribution in [3.05, 3.63) is 80.6 Å². The minimum atomic E-state index is -0.634. The highest BCUT2D eigenvalue weighted by molar-refractivity contribution is 9.10. The third-order valence-electron chi connectivity index (χ3n) is 3.23. The topological polar surface area (TPSA) is 59.3 Å². The van der Waals surface area contributed by atoms with Crippen molar-refractivity contribution in [1.82, 2.24) is 5.32 Å². The summed E-state index contributed by atoms with van der Waals surface area (Å²) in [5, 5.41) is 3.45. The van der Waals surface area contributed by atoms with Gasteiger partial charge in [-0.25, -0.2) is 4.79 Å². The van der Waals surface area contributed by atoms with Crippen molar-refractivity contribution < 1.29 is 9.21 Å². The Morgan fingerprint density at radius 2 is 1.91 bits per heavy atom. The van der Waals surface area contributed by atoms with Crippen molar-refractivity contribution >= 4 is 32.8 Å². The summed E-state index contributed by atoms with van der Waals surface area (Å²) in [6, 6.07) is 16.2. The molecule has 3 rings (SSSR count). The molecule has 0 bridgehead atoms. The number of carbonyl (C=O) groups is 1. The lowest BCUT2D eigenvalue weighted by Gasteiger charge is -2.06. The van der Waals surface area contributed by atoms with Crippen LogP contribution in [-0.4, -0.2) is 5.91 Å². The van der Waals surface area contributed by atoms with E-state index in [-0.39, 0.29) is 5.56 Å². The SMILES string of the molecule is O=C(NCc1cccc(Br)c1)c1cc2ccccc2oc1=O. The van der Waals surface area contributed by atoms with Gasteiger partial charge >= 0.3 is 5.63 Å². The molecule has 0 atom stereocenters. The summed E-state index contributed by atoms with van der Waals surface area (Å²) in [6.07, 6.45) is 0. The van der Waals surface area contributed by atoms with Crippen molar-refractivity contribution in [2.75, 3.05) is 0 Å². The first-order valence-corrected chi connectivity index (χ1v) is 7.48. The Kier molecular flexibility index (Phi) is 4.06. The molecule has 110 valence electrons. The fourth-order valence-corrected chi connectivity index (χ4v) is 2.59. The zero-order valence-electron chi connectivity index (χ0n) is 11.5. The minimum absolute atomic E-state index is 0.00805. The number of carbonyl (C=O) groups excluding carboxylic acids is 1. The van der Waals surface area contributed by atoms with Crippen molar-refractivity contribution in [3.63, 3.8) is 0 Å². The van der Waals surface area contributed by atoms with Gasteiger partial charge in [-0.1, -0.05) is 46.3 Å². The lowest BCUT2D eigenvalue weighted by molar-refractivity contribution is 0.0947. The monoisotopic (exact) mass is 357 g/mol. The van der Waals surface area contributed by atoms with E-state index in [9.17, 15) is 9.59 Å². The number of para-hydroxylation sites is 1. The van der Waals surface area contributed by atoms with Crippen molar-refractivity contribution in [1.29, 1.82) is 0 Å². The predicted molar refractivity (Wildman–Crippen MR) is 87.8 cm³/mol. The summed E-state index contributed by atoms with van der Waals surface area (Å²) < 4.78 is 6.10.